The number of phenols is 1. The van der Waals surface area contributed by atoms with E-state index in [1.165, 1.54) is 5.56 Å². The summed E-state index contributed by atoms with van der Waals surface area (Å²) in [4.78, 5) is 4.44. The van der Waals surface area contributed by atoms with Crippen molar-refractivity contribution in [3.63, 3.8) is 0 Å². The third-order valence-corrected chi connectivity index (χ3v) is 3.36. The molecule has 106 valence electrons. The number of aromatic nitrogens is 3. The van der Waals surface area contributed by atoms with E-state index in [-0.39, 0.29) is 11.8 Å². The van der Waals surface area contributed by atoms with Crippen LogP contribution in [0.25, 0.3) is 11.4 Å². The number of benzene rings is 2. The van der Waals surface area contributed by atoms with Crippen molar-refractivity contribution in [3.05, 3.63) is 65.5 Å². The molecular formula is C16H16N4O. The van der Waals surface area contributed by atoms with Gasteiger partial charge in [0.25, 0.3) is 0 Å². The third-order valence-electron chi connectivity index (χ3n) is 3.36. The van der Waals surface area contributed by atoms with Crippen LogP contribution in [0.15, 0.2) is 48.5 Å². The standard InChI is InChI=1S/C16H16N4O/c1-10-2-4-11(5-3-10)14(17)16-18-15(19-20-16)12-6-8-13(21)9-7-12/h2-9,14,21H,17H2,1H3,(H,18,19,20). The minimum Gasteiger partial charge on any atom is -0.508 e. The molecule has 0 aliphatic carbocycles. The van der Waals surface area contributed by atoms with E-state index in [1.54, 1.807) is 24.3 Å². The van der Waals surface area contributed by atoms with E-state index in [9.17, 15) is 5.11 Å². The van der Waals surface area contributed by atoms with Crippen molar-refractivity contribution in [1.29, 1.82) is 0 Å². The number of hydrogen-bond acceptors (Lipinski definition) is 4. The summed E-state index contributed by atoms with van der Waals surface area (Å²) in [6.45, 7) is 2.03. The summed E-state index contributed by atoms with van der Waals surface area (Å²) >= 11 is 0. The Morgan fingerprint density at radius 1 is 1.05 bits per heavy atom. The van der Waals surface area contributed by atoms with Gasteiger partial charge < -0.3 is 10.8 Å². The molecule has 3 rings (SSSR count). The molecular weight excluding hydrogens is 264 g/mol. The summed E-state index contributed by atoms with van der Waals surface area (Å²) in [6, 6.07) is 14.4. The van der Waals surface area contributed by atoms with Gasteiger partial charge in [0.15, 0.2) is 5.82 Å². The fraction of sp³-hybridized carbons (Fsp3) is 0.125. The van der Waals surface area contributed by atoms with Gasteiger partial charge in [-0.3, -0.25) is 5.10 Å². The van der Waals surface area contributed by atoms with Gasteiger partial charge in [-0.1, -0.05) is 29.8 Å². The highest BCUT2D eigenvalue weighted by Gasteiger charge is 2.14. The average Bonchev–Trinajstić information content (AvgIpc) is 2.98. The Balaban J connectivity index is 1.87. The quantitative estimate of drug-likeness (QED) is 0.688. The van der Waals surface area contributed by atoms with Crippen LogP contribution in [0.3, 0.4) is 0 Å². The molecule has 4 N–H and O–H groups in total. The van der Waals surface area contributed by atoms with Gasteiger partial charge >= 0.3 is 0 Å². The van der Waals surface area contributed by atoms with Crippen molar-refractivity contribution in [2.24, 2.45) is 5.73 Å². The van der Waals surface area contributed by atoms with Crippen LogP contribution in [0, 0.1) is 6.92 Å². The highest BCUT2D eigenvalue weighted by Crippen LogP contribution is 2.21. The Hall–Kier alpha value is -2.66. The number of rotatable bonds is 3. The first-order valence-corrected chi connectivity index (χ1v) is 6.67. The van der Waals surface area contributed by atoms with Gasteiger partial charge in [0.1, 0.15) is 11.6 Å². The highest BCUT2D eigenvalue weighted by molar-refractivity contribution is 5.55. The number of H-pyrrole nitrogens is 1. The first-order valence-electron chi connectivity index (χ1n) is 6.67. The average molecular weight is 280 g/mol. The van der Waals surface area contributed by atoms with Crippen molar-refractivity contribution in [2.45, 2.75) is 13.0 Å². The zero-order valence-corrected chi connectivity index (χ0v) is 11.6. The molecule has 3 aromatic rings. The minimum atomic E-state index is -0.344. The molecule has 1 aromatic heterocycles. The number of aryl methyl sites for hydroxylation is 1. The molecule has 0 saturated carbocycles. The number of nitrogens with two attached hydrogens (primary N) is 1. The van der Waals surface area contributed by atoms with E-state index in [1.807, 2.05) is 31.2 Å². The summed E-state index contributed by atoms with van der Waals surface area (Å²) < 4.78 is 0. The maximum absolute atomic E-state index is 9.30. The molecule has 0 aliphatic heterocycles. The van der Waals surface area contributed by atoms with Crippen molar-refractivity contribution in [1.82, 2.24) is 15.2 Å². The van der Waals surface area contributed by atoms with Gasteiger partial charge in [-0.25, -0.2) is 4.98 Å². The lowest BCUT2D eigenvalue weighted by molar-refractivity contribution is 0.475. The molecule has 0 amide bonds. The molecule has 0 radical (unpaired) electrons. The second kappa shape index (κ2) is 5.38. The highest BCUT2D eigenvalue weighted by atomic mass is 16.3. The third kappa shape index (κ3) is 2.78. The monoisotopic (exact) mass is 280 g/mol. The van der Waals surface area contributed by atoms with E-state index < -0.39 is 0 Å². The topological polar surface area (TPSA) is 87.8 Å². The molecule has 1 heterocycles. The van der Waals surface area contributed by atoms with E-state index in [2.05, 4.69) is 15.2 Å². The van der Waals surface area contributed by atoms with Gasteiger partial charge in [-0.2, -0.15) is 5.10 Å². The fourth-order valence-corrected chi connectivity index (χ4v) is 2.08. The van der Waals surface area contributed by atoms with Crippen LogP contribution >= 0.6 is 0 Å². The predicted molar refractivity (Wildman–Crippen MR) is 80.7 cm³/mol. The zero-order valence-electron chi connectivity index (χ0n) is 11.6. The van der Waals surface area contributed by atoms with E-state index in [0.29, 0.717) is 11.6 Å². The Morgan fingerprint density at radius 3 is 2.38 bits per heavy atom. The Bertz CT molecular complexity index is 732. The Morgan fingerprint density at radius 2 is 1.71 bits per heavy atom. The zero-order chi connectivity index (χ0) is 14.8. The lowest BCUT2D eigenvalue weighted by Crippen LogP contribution is -2.13. The van der Waals surface area contributed by atoms with Crippen molar-refractivity contribution < 1.29 is 5.11 Å². The minimum absolute atomic E-state index is 0.214. The van der Waals surface area contributed by atoms with Gasteiger partial charge in [0.05, 0.1) is 6.04 Å². The molecule has 5 heteroatoms. The molecule has 1 unspecified atom stereocenters. The summed E-state index contributed by atoms with van der Waals surface area (Å²) in [6.07, 6.45) is 0. The number of phenolic OH excluding ortho intramolecular Hbond substituents is 1. The first kappa shape index (κ1) is 13.3. The number of aromatic amines is 1. The predicted octanol–water partition coefficient (Wildman–Crippen LogP) is 2.53. The summed E-state index contributed by atoms with van der Waals surface area (Å²) in [7, 11) is 0. The normalized spacial score (nSPS) is 12.3. The molecule has 0 spiro atoms. The lowest BCUT2D eigenvalue weighted by atomic mass is 10.1. The van der Waals surface area contributed by atoms with Crippen LogP contribution in [-0.2, 0) is 0 Å². The Labute approximate surface area is 122 Å². The maximum Gasteiger partial charge on any atom is 0.181 e. The molecule has 0 fully saturated rings. The number of hydrogen-bond donors (Lipinski definition) is 3. The van der Waals surface area contributed by atoms with Gasteiger partial charge in [-0.15, -0.1) is 0 Å². The van der Waals surface area contributed by atoms with Gasteiger partial charge in [0.2, 0.25) is 0 Å². The molecule has 5 nitrogen and oxygen atoms in total. The van der Waals surface area contributed by atoms with Crippen LogP contribution in [0.4, 0.5) is 0 Å². The van der Waals surface area contributed by atoms with Gasteiger partial charge in [-0.05, 0) is 36.8 Å². The number of aromatic hydroxyl groups is 1. The molecule has 0 aliphatic rings. The summed E-state index contributed by atoms with van der Waals surface area (Å²) in [5, 5.41) is 16.4. The van der Waals surface area contributed by atoms with E-state index in [4.69, 9.17) is 5.73 Å². The maximum atomic E-state index is 9.30. The van der Waals surface area contributed by atoms with Crippen LogP contribution in [0.5, 0.6) is 5.75 Å². The van der Waals surface area contributed by atoms with Gasteiger partial charge in [0, 0.05) is 5.56 Å². The second-order valence-electron chi connectivity index (χ2n) is 4.98. The van der Waals surface area contributed by atoms with E-state index in [0.717, 1.165) is 11.1 Å². The van der Waals surface area contributed by atoms with Crippen LogP contribution in [0.2, 0.25) is 0 Å². The SMILES string of the molecule is Cc1ccc(C(N)c2nc(-c3ccc(O)cc3)n[nH]2)cc1. The first-order chi connectivity index (χ1) is 10.1. The molecule has 2 aromatic carbocycles. The van der Waals surface area contributed by atoms with Crippen LogP contribution in [-0.4, -0.2) is 20.3 Å². The van der Waals surface area contributed by atoms with Crippen molar-refractivity contribution in [2.75, 3.05) is 0 Å². The number of nitrogens with zero attached hydrogens (tertiary/aromatic N) is 2. The fourth-order valence-electron chi connectivity index (χ4n) is 2.08. The Kier molecular flexibility index (Phi) is 3.41. The summed E-state index contributed by atoms with van der Waals surface area (Å²) in [5.41, 5.74) is 9.20. The second-order valence-corrected chi connectivity index (χ2v) is 4.98. The largest absolute Gasteiger partial charge is 0.508 e. The number of nitrogens with one attached hydrogen (secondary N) is 1. The van der Waals surface area contributed by atoms with Crippen molar-refractivity contribution in [3.8, 4) is 17.1 Å². The molecule has 0 bridgehead atoms. The molecule has 0 saturated heterocycles. The lowest BCUT2D eigenvalue weighted by Gasteiger charge is -2.08. The molecule has 1 atom stereocenters. The summed E-state index contributed by atoms with van der Waals surface area (Å²) in [5.74, 6) is 1.39. The van der Waals surface area contributed by atoms with Crippen molar-refractivity contribution >= 4 is 0 Å². The van der Waals surface area contributed by atoms with Crippen LogP contribution < -0.4 is 5.73 Å². The smallest absolute Gasteiger partial charge is 0.181 e. The van der Waals surface area contributed by atoms with Crippen LogP contribution in [0.1, 0.15) is 23.0 Å². The van der Waals surface area contributed by atoms with E-state index >= 15 is 0 Å². The molecule has 21 heavy (non-hydrogen) atoms.